The van der Waals surface area contributed by atoms with Gasteiger partial charge in [-0.05, 0) is 29.8 Å². The fourth-order valence-corrected chi connectivity index (χ4v) is 2.49. The van der Waals surface area contributed by atoms with E-state index in [-0.39, 0.29) is 18.3 Å². The first kappa shape index (κ1) is 17.2. The molecule has 2 aromatic carbocycles. The molecule has 0 aliphatic carbocycles. The van der Waals surface area contributed by atoms with Gasteiger partial charge in [0.25, 0.3) is 0 Å². The molecular weight excluding hydrogens is 361 g/mol. The highest BCUT2D eigenvalue weighted by atomic mass is 35.5. The number of benzene rings is 2. The van der Waals surface area contributed by atoms with Crippen molar-refractivity contribution < 1.29 is 9.32 Å². The largest absolute Gasteiger partial charge is 0.343 e. The molecule has 0 aliphatic heterocycles. The van der Waals surface area contributed by atoms with Crippen molar-refractivity contribution in [3.63, 3.8) is 0 Å². The van der Waals surface area contributed by atoms with Crippen LogP contribution in [-0.4, -0.2) is 16.0 Å². The molecule has 0 atom stereocenters. The van der Waals surface area contributed by atoms with E-state index in [1.807, 2.05) is 30.3 Å². The Balaban J connectivity index is 1.60. The van der Waals surface area contributed by atoms with Crippen molar-refractivity contribution in [1.82, 2.24) is 15.5 Å². The summed E-state index contributed by atoms with van der Waals surface area (Å²) in [7, 11) is 0. The fourth-order valence-electron chi connectivity index (χ4n) is 2.08. The van der Waals surface area contributed by atoms with Crippen molar-refractivity contribution in [2.45, 2.75) is 6.54 Å². The lowest BCUT2D eigenvalue weighted by Crippen LogP contribution is -2.20. The highest BCUT2D eigenvalue weighted by Gasteiger charge is 2.11. The summed E-state index contributed by atoms with van der Waals surface area (Å²) in [4.78, 5) is 16.1. The van der Waals surface area contributed by atoms with Gasteiger partial charge in [0, 0.05) is 16.7 Å². The molecule has 0 bridgehead atoms. The van der Waals surface area contributed by atoms with Gasteiger partial charge in [-0.2, -0.15) is 4.98 Å². The number of hydrogen-bond donors (Lipinski definition) is 1. The number of nitrogens with zero attached hydrogens (tertiary/aromatic N) is 2. The molecule has 5 nitrogen and oxygen atoms in total. The van der Waals surface area contributed by atoms with Crippen LogP contribution in [0.4, 0.5) is 0 Å². The molecular formula is C18H13Cl2N3O2. The summed E-state index contributed by atoms with van der Waals surface area (Å²) < 4.78 is 5.13. The van der Waals surface area contributed by atoms with Gasteiger partial charge in [-0.15, -0.1) is 0 Å². The molecule has 0 unspecified atom stereocenters. The third-order valence-electron chi connectivity index (χ3n) is 3.32. The summed E-state index contributed by atoms with van der Waals surface area (Å²) in [6, 6.07) is 14.4. The second kappa shape index (κ2) is 7.96. The monoisotopic (exact) mass is 373 g/mol. The Morgan fingerprint density at radius 2 is 1.80 bits per heavy atom. The van der Waals surface area contributed by atoms with Crippen molar-refractivity contribution in [3.8, 4) is 11.4 Å². The van der Waals surface area contributed by atoms with Gasteiger partial charge in [-0.3, -0.25) is 4.79 Å². The number of carbonyl (C=O) groups excluding carboxylic acids is 1. The molecule has 0 saturated heterocycles. The summed E-state index contributed by atoms with van der Waals surface area (Å²) in [5, 5.41) is 7.65. The SMILES string of the molecule is O=C(/C=C/c1ccccc1Cl)NCc1nc(-c2ccccc2Cl)no1. The normalized spacial score (nSPS) is 11.0. The smallest absolute Gasteiger partial charge is 0.246 e. The predicted octanol–water partition coefficient (Wildman–Crippen LogP) is 4.37. The van der Waals surface area contributed by atoms with E-state index in [4.69, 9.17) is 27.7 Å². The molecule has 1 heterocycles. The maximum absolute atomic E-state index is 11.9. The van der Waals surface area contributed by atoms with Gasteiger partial charge in [0.05, 0.1) is 11.6 Å². The molecule has 1 N–H and O–H groups in total. The number of aromatic nitrogens is 2. The topological polar surface area (TPSA) is 68.0 Å². The lowest BCUT2D eigenvalue weighted by atomic mass is 10.2. The van der Waals surface area contributed by atoms with E-state index in [0.29, 0.717) is 21.4 Å². The third-order valence-corrected chi connectivity index (χ3v) is 3.99. The molecule has 0 aliphatic rings. The molecule has 0 radical (unpaired) electrons. The average molecular weight is 374 g/mol. The van der Waals surface area contributed by atoms with E-state index in [2.05, 4.69) is 15.5 Å². The van der Waals surface area contributed by atoms with Crippen LogP contribution >= 0.6 is 23.2 Å². The summed E-state index contributed by atoms with van der Waals surface area (Å²) in [5.41, 5.74) is 1.43. The van der Waals surface area contributed by atoms with Crippen LogP contribution in [0, 0.1) is 0 Å². The maximum Gasteiger partial charge on any atom is 0.246 e. The van der Waals surface area contributed by atoms with Gasteiger partial charge in [0.15, 0.2) is 0 Å². The van der Waals surface area contributed by atoms with Crippen molar-refractivity contribution in [1.29, 1.82) is 0 Å². The van der Waals surface area contributed by atoms with Crippen molar-refractivity contribution in [2.24, 2.45) is 0 Å². The van der Waals surface area contributed by atoms with Gasteiger partial charge in [0.1, 0.15) is 0 Å². The van der Waals surface area contributed by atoms with E-state index in [0.717, 1.165) is 5.56 Å². The van der Waals surface area contributed by atoms with Crippen LogP contribution in [0.25, 0.3) is 17.5 Å². The molecule has 25 heavy (non-hydrogen) atoms. The molecule has 0 spiro atoms. The van der Waals surface area contributed by atoms with Gasteiger partial charge >= 0.3 is 0 Å². The van der Waals surface area contributed by atoms with E-state index in [1.54, 1.807) is 24.3 Å². The van der Waals surface area contributed by atoms with Crippen LogP contribution < -0.4 is 5.32 Å². The van der Waals surface area contributed by atoms with Crippen molar-refractivity contribution in [2.75, 3.05) is 0 Å². The zero-order chi connectivity index (χ0) is 17.6. The van der Waals surface area contributed by atoms with E-state index in [1.165, 1.54) is 6.08 Å². The summed E-state index contributed by atoms with van der Waals surface area (Å²) in [5.74, 6) is 0.369. The van der Waals surface area contributed by atoms with Crippen molar-refractivity contribution in [3.05, 3.63) is 76.1 Å². The first-order valence-electron chi connectivity index (χ1n) is 7.41. The van der Waals surface area contributed by atoms with E-state index < -0.39 is 0 Å². The lowest BCUT2D eigenvalue weighted by Gasteiger charge is -1.98. The zero-order valence-corrected chi connectivity index (χ0v) is 14.5. The second-order valence-electron chi connectivity index (χ2n) is 5.06. The summed E-state index contributed by atoms with van der Waals surface area (Å²) >= 11 is 12.1. The quantitative estimate of drug-likeness (QED) is 0.674. The minimum Gasteiger partial charge on any atom is -0.343 e. The average Bonchev–Trinajstić information content (AvgIpc) is 3.08. The van der Waals surface area contributed by atoms with E-state index >= 15 is 0 Å². The number of carbonyl (C=O) groups is 1. The Hall–Kier alpha value is -2.63. The number of rotatable bonds is 5. The maximum atomic E-state index is 11.9. The third kappa shape index (κ3) is 4.47. The van der Waals surface area contributed by atoms with Gasteiger partial charge < -0.3 is 9.84 Å². The van der Waals surface area contributed by atoms with Crippen molar-refractivity contribution >= 4 is 35.2 Å². The number of halogens is 2. The van der Waals surface area contributed by atoms with E-state index in [9.17, 15) is 4.79 Å². The molecule has 3 rings (SSSR count). The molecule has 1 amide bonds. The fraction of sp³-hybridized carbons (Fsp3) is 0.0556. The molecule has 3 aromatic rings. The highest BCUT2D eigenvalue weighted by molar-refractivity contribution is 6.33. The second-order valence-corrected chi connectivity index (χ2v) is 5.88. The lowest BCUT2D eigenvalue weighted by molar-refractivity contribution is -0.116. The number of amides is 1. The first-order valence-corrected chi connectivity index (χ1v) is 8.17. The predicted molar refractivity (Wildman–Crippen MR) is 97.1 cm³/mol. The highest BCUT2D eigenvalue weighted by Crippen LogP contribution is 2.24. The van der Waals surface area contributed by atoms with Gasteiger partial charge in [-0.1, -0.05) is 58.7 Å². The minimum atomic E-state index is -0.294. The number of hydrogen-bond acceptors (Lipinski definition) is 4. The Kier molecular flexibility index (Phi) is 5.48. The van der Waals surface area contributed by atoms with Crippen LogP contribution in [0.15, 0.2) is 59.1 Å². The summed E-state index contributed by atoms with van der Waals surface area (Å²) in [6.07, 6.45) is 3.03. The van der Waals surface area contributed by atoms with Crippen LogP contribution in [0.1, 0.15) is 11.5 Å². The summed E-state index contributed by atoms with van der Waals surface area (Å²) in [6.45, 7) is 0.114. The molecule has 7 heteroatoms. The van der Waals surface area contributed by atoms with Crippen LogP contribution in [0.2, 0.25) is 10.0 Å². The minimum absolute atomic E-state index is 0.114. The standard InChI is InChI=1S/C18H13Cl2N3O2/c19-14-7-3-1-5-12(14)9-10-16(24)21-11-17-22-18(23-25-17)13-6-2-4-8-15(13)20/h1-10H,11H2,(H,21,24)/b10-9+. The Morgan fingerprint density at radius 3 is 2.56 bits per heavy atom. The Bertz CT molecular complexity index is 922. The zero-order valence-electron chi connectivity index (χ0n) is 12.9. The van der Waals surface area contributed by atoms with Crippen LogP contribution in [0.5, 0.6) is 0 Å². The van der Waals surface area contributed by atoms with Crippen LogP contribution in [-0.2, 0) is 11.3 Å². The first-order chi connectivity index (χ1) is 12.1. The molecule has 1 aromatic heterocycles. The van der Waals surface area contributed by atoms with Gasteiger partial charge in [-0.25, -0.2) is 0 Å². The Labute approximate surface area is 154 Å². The molecule has 126 valence electrons. The molecule has 0 fully saturated rings. The van der Waals surface area contributed by atoms with Gasteiger partial charge in [0.2, 0.25) is 17.6 Å². The Morgan fingerprint density at radius 1 is 1.08 bits per heavy atom. The molecule has 0 saturated carbocycles. The van der Waals surface area contributed by atoms with Crippen LogP contribution in [0.3, 0.4) is 0 Å². The number of nitrogens with one attached hydrogen (secondary N) is 1.